The van der Waals surface area contributed by atoms with Crippen LogP contribution in [0.5, 0.6) is 0 Å². The molecule has 3 rings (SSSR count). The van der Waals surface area contributed by atoms with E-state index in [1.807, 2.05) is 54.4 Å². The van der Waals surface area contributed by atoms with Crippen molar-refractivity contribution < 1.29 is 14.7 Å². The third kappa shape index (κ3) is 4.38. The Balaban J connectivity index is 1.71. The predicted octanol–water partition coefficient (Wildman–Crippen LogP) is 2.43. The van der Waals surface area contributed by atoms with E-state index in [9.17, 15) is 20.0 Å². The lowest BCUT2D eigenvalue weighted by Crippen LogP contribution is -2.49. The van der Waals surface area contributed by atoms with Crippen LogP contribution in [0.25, 0.3) is 11.1 Å². The van der Waals surface area contributed by atoms with Crippen molar-refractivity contribution >= 4 is 11.9 Å². The summed E-state index contributed by atoms with van der Waals surface area (Å²) in [5.74, 6) is -1.28. The first-order valence-corrected chi connectivity index (χ1v) is 9.31. The first-order valence-electron chi connectivity index (χ1n) is 9.31. The third-order valence-corrected chi connectivity index (χ3v) is 5.19. The number of nitrogens with zero attached hydrogens (tertiary/aromatic N) is 2. The van der Waals surface area contributed by atoms with Crippen LogP contribution < -0.4 is 5.32 Å². The Morgan fingerprint density at radius 1 is 1.25 bits per heavy atom. The molecule has 1 heterocycles. The van der Waals surface area contributed by atoms with Crippen molar-refractivity contribution in [1.29, 1.82) is 5.26 Å². The Kier molecular flexibility index (Phi) is 6.07. The highest BCUT2D eigenvalue weighted by Crippen LogP contribution is 2.24. The number of carboxylic acids is 1. The molecule has 0 bridgehead atoms. The highest BCUT2D eigenvalue weighted by atomic mass is 16.4. The minimum absolute atomic E-state index is 0.206. The van der Waals surface area contributed by atoms with Crippen LogP contribution in [0, 0.1) is 11.3 Å². The van der Waals surface area contributed by atoms with E-state index in [2.05, 4.69) is 11.4 Å². The van der Waals surface area contributed by atoms with Gasteiger partial charge in [-0.05, 0) is 49.2 Å². The fraction of sp³-hybridized carbons (Fsp3) is 0.318. The van der Waals surface area contributed by atoms with Gasteiger partial charge >= 0.3 is 5.97 Å². The maximum atomic E-state index is 12.4. The first-order chi connectivity index (χ1) is 13.5. The molecule has 0 saturated carbocycles. The second kappa shape index (κ2) is 8.68. The summed E-state index contributed by atoms with van der Waals surface area (Å²) in [6, 6.07) is 15.7. The summed E-state index contributed by atoms with van der Waals surface area (Å²) in [6.45, 7) is 0.849. The molecule has 0 aliphatic carbocycles. The largest absolute Gasteiger partial charge is 0.480 e. The number of carbonyl (C=O) groups excluding carboxylic acids is 1. The van der Waals surface area contributed by atoms with E-state index in [1.165, 1.54) is 0 Å². The van der Waals surface area contributed by atoms with Crippen molar-refractivity contribution in [3.05, 3.63) is 59.7 Å². The molecule has 1 aliphatic rings. The second-order valence-electron chi connectivity index (χ2n) is 7.10. The molecule has 6 heteroatoms. The van der Waals surface area contributed by atoms with E-state index in [1.54, 1.807) is 6.07 Å². The number of likely N-dealkylation sites (tertiary alicyclic amines) is 1. The molecule has 1 fully saturated rings. The minimum atomic E-state index is -1.05. The van der Waals surface area contributed by atoms with E-state index in [0.29, 0.717) is 5.56 Å². The van der Waals surface area contributed by atoms with Gasteiger partial charge in [-0.25, -0.2) is 4.79 Å². The summed E-state index contributed by atoms with van der Waals surface area (Å²) in [5.41, 5.74) is 3.13. The molecule has 1 saturated heterocycles. The monoisotopic (exact) mass is 377 g/mol. The van der Waals surface area contributed by atoms with Crippen LogP contribution in [-0.2, 0) is 16.0 Å². The lowest BCUT2D eigenvalue weighted by Gasteiger charge is -2.22. The van der Waals surface area contributed by atoms with Crippen LogP contribution in [-0.4, -0.2) is 47.6 Å². The first kappa shape index (κ1) is 19.6. The zero-order valence-corrected chi connectivity index (χ0v) is 15.8. The number of rotatable bonds is 6. The van der Waals surface area contributed by atoms with Crippen LogP contribution in [0.15, 0.2) is 48.5 Å². The van der Waals surface area contributed by atoms with Gasteiger partial charge in [-0.2, -0.15) is 5.26 Å². The lowest BCUT2D eigenvalue weighted by molar-refractivity contribution is -0.142. The van der Waals surface area contributed by atoms with E-state index in [-0.39, 0.29) is 18.4 Å². The van der Waals surface area contributed by atoms with E-state index in [0.717, 1.165) is 36.1 Å². The summed E-state index contributed by atoms with van der Waals surface area (Å²) >= 11 is 0. The molecular weight excluding hydrogens is 354 g/mol. The van der Waals surface area contributed by atoms with Crippen LogP contribution >= 0.6 is 0 Å². The van der Waals surface area contributed by atoms with Gasteiger partial charge in [-0.15, -0.1) is 0 Å². The van der Waals surface area contributed by atoms with E-state index in [4.69, 9.17) is 0 Å². The Morgan fingerprint density at radius 2 is 1.96 bits per heavy atom. The Labute approximate surface area is 164 Å². The van der Waals surface area contributed by atoms with Crippen molar-refractivity contribution in [1.82, 2.24) is 10.2 Å². The standard InChI is InChI=1S/C22H23N3O3/c1-25-12-4-7-20(25)21(26)24-19(22(27)28)13-15-8-10-16(11-9-15)18-6-3-2-5-17(18)14-23/h2-3,5-6,8-11,19-20H,4,7,12-13H2,1H3,(H,24,26)(H,27,28)/t19-,20-/m1/s1. The Bertz CT molecular complexity index is 902. The number of carbonyl (C=O) groups is 2. The molecule has 0 aromatic heterocycles. The van der Waals surface area contributed by atoms with Crippen LogP contribution in [0.3, 0.4) is 0 Å². The van der Waals surface area contributed by atoms with Crippen LogP contribution in [0.1, 0.15) is 24.0 Å². The average Bonchev–Trinajstić information content (AvgIpc) is 3.14. The molecule has 28 heavy (non-hydrogen) atoms. The number of aliphatic carboxylic acids is 1. The van der Waals surface area contributed by atoms with E-state index >= 15 is 0 Å². The van der Waals surface area contributed by atoms with Crippen molar-refractivity contribution in [2.75, 3.05) is 13.6 Å². The number of benzene rings is 2. The van der Waals surface area contributed by atoms with Crippen molar-refractivity contribution in [2.45, 2.75) is 31.3 Å². The number of nitriles is 1. The molecule has 0 radical (unpaired) electrons. The molecule has 0 unspecified atom stereocenters. The number of likely N-dealkylation sites (N-methyl/N-ethyl adjacent to an activating group) is 1. The van der Waals surface area contributed by atoms with Gasteiger partial charge in [0, 0.05) is 6.42 Å². The molecule has 0 spiro atoms. The summed E-state index contributed by atoms with van der Waals surface area (Å²) in [5, 5.41) is 21.5. The Morgan fingerprint density at radius 3 is 2.57 bits per heavy atom. The molecule has 2 atom stereocenters. The number of nitrogens with one attached hydrogen (secondary N) is 1. The Hall–Kier alpha value is -3.17. The number of carboxylic acid groups (broad SMARTS) is 1. The average molecular weight is 377 g/mol. The van der Waals surface area contributed by atoms with E-state index < -0.39 is 12.0 Å². The quantitative estimate of drug-likeness (QED) is 0.806. The van der Waals surface area contributed by atoms with Gasteiger partial charge < -0.3 is 10.4 Å². The summed E-state index contributed by atoms with van der Waals surface area (Å²) in [7, 11) is 1.88. The van der Waals surface area contributed by atoms with Gasteiger partial charge in [0.2, 0.25) is 5.91 Å². The second-order valence-corrected chi connectivity index (χ2v) is 7.10. The predicted molar refractivity (Wildman–Crippen MR) is 106 cm³/mol. The number of hydrogen-bond donors (Lipinski definition) is 2. The molecule has 1 aliphatic heterocycles. The maximum absolute atomic E-state index is 12.4. The molecule has 2 aromatic carbocycles. The van der Waals surface area contributed by atoms with Crippen molar-refractivity contribution in [2.24, 2.45) is 0 Å². The highest BCUT2D eigenvalue weighted by Gasteiger charge is 2.30. The molecule has 2 aromatic rings. The van der Waals surface area contributed by atoms with Gasteiger partial charge in [-0.3, -0.25) is 9.69 Å². The van der Waals surface area contributed by atoms with Crippen molar-refractivity contribution in [3.8, 4) is 17.2 Å². The SMILES string of the molecule is CN1CCC[C@@H]1C(=O)N[C@H](Cc1ccc(-c2ccccc2C#N)cc1)C(=O)O. The summed E-state index contributed by atoms with van der Waals surface area (Å²) in [4.78, 5) is 26.0. The molecular formula is C22H23N3O3. The molecule has 144 valence electrons. The van der Waals surface area contributed by atoms with Crippen molar-refractivity contribution in [3.63, 3.8) is 0 Å². The van der Waals surface area contributed by atoms with Gasteiger partial charge in [-0.1, -0.05) is 42.5 Å². The van der Waals surface area contributed by atoms with Gasteiger partial charge in [0.05, 0.1) is 17.7 Å². The molecule has 6 nitrogen and oxygen atoms in total. The normalized spacial score (nSPS) is 17.6. The summed E-state index contributed by atoms with van der Waals surface area (Å²) < 4.78 is 0. The van der Waals surface area contributed by atoms with Gasteiger partial charge in [0.15, 0.2) is 0 Å². The lowest BCUT2D eigenvalue weighted by atomic mass is 9.97. The molecule has 1 amide bonds. The third-order valence-electron chi connectivity index (χ3n) is 5.19. The number of amides is 1. The minimum Gasteiger partial charge on any atom is -0.480 e. The zero-order valence-electron chi connectivity index (χ0n) is 15.8. The highest BCUT2D eigenvalue weighted by molar-refractivity contribution is 5.87. The fourth-order valence-corrected chi connectivity index (χ4v) is 3.60. The van der Waals surface area contributed by atoms with Gasteiger partial charge in [0.1, 0.15) is 6.04 Å². The topological polar surface area (TPSA) is 93.4 Å². The van der Waals surface area contributed by atoms with Crippen LogP contribution in [0.4, 0.5) is 0 Å². The van der Waals surface area contributed by atoms with Crippen LogP contribution in [0.2, 0.25) is 0 Å². The van der Waals surface area contributed by atoms with Gasteiger partial charge in [0.25, 0.3) is 0 Å². The fourth-order valence-electron chi connectivity index (χ4n) is 3.60. The number of hydrogen-bond acceptors (Lipinski definition) is 4. The summed E-state index contributed by atoms with van der Waals surface area (Å²) in [6.07, 6.45) is 1.90. The zero-order chi connectivity index (χ0) is 20.1. The smallest absolute Gasteiger partial charge is 0.326 e. The molecule has 2 N–H and O–H groups in total. The maximum Gasteiger partial charge on any atom is 0.326 e.